The van der Waals surface area contributed by atoms with Crippen LogP contribution < -0.4 is 4.74 Å². The summed E-state index contributed by atoms with van der Waals surface area (Å²) in [4.78, 5) is 25.3. The van der Waals surface area contributed by atoms with Gasteiger partial charge in [0.1, 0.15) is 5.75 Å². The van der Waals surface area contributed by atoms with Crippen LogP contribution >= 0.6 is 0 Å². The maximum Gasteiger partial charge on any atom is 0.225 e. The molecule has 4 nitrogen and oxygen atoms in total. The first-order valence-corrected chi connectivity index (χ1v) is 8.16. The summed E-state index contributed by atoms with van der Waals surface area (Å²) in [5.41, 5.74) is 0.708. The fourth-order valence-electron chi connectivity index (χ4n) is 2.91. The number of carbonyl (C=O) groups is 2. The lowest BCUT2D eigenvalue weighted by molar-refractivity contribution is -0.134. The number of ketones is 1. The molecule has 2 fully saturated rings. The van der Waals surface area contributed by atoms with Crippen molar-refractivity contribution in [1.82, 2.24) is 4.90 Å². The molecule has 0 radical (unpaired) electrons. The maximum absolute atomic E-state index is 12.0. The zero-order valence-electron chi connectivity index (χ0n) is 13.1. The number of rotatable bonds is 5. The van der Waals surface area contributed by atoms with Crippen LogP contribution in [0.2, 0.25) is 0 Å². The van der Waals surface area contributed by atoms with E-state index in [4.69, 9.17) is 4.74 Å². The van der Waals surface area contributed by atoms with Crippen molar-refractivity contribution in [3.05, 3.63) is 29.8 Å². The first kappa shape index (κ1) is 15.1. The van der Waals surface area contributed by atoms with Crippen LogP contribution in [0.5, 0.6) is 5.75 Å². The highest BCUT2D eigenvalue weighted by atomic mass is 16.5. The Hall–Kier alpha value is -1.84. The molecule has 4 heteroatoms. The van der Waals surface area contributed by atoms with E-state index in [1.54, 1.807) is 19.1 Å². The van der Waals surface area contributed by atoms with Crippen LogP contribution in [0.15, 0.2) is 24.3 Å². The van der Waals surface area contributed by atoms with E-state index in [9.17, 15) is 9.59 Å². The molecule has 1 saturated carbocycles. The number of ether oxygens (including phenoxy) is 1. The third-order valence-electron chi connectivity index (χ3n) is 4.60. The van der Waals surface area contributed by atoms with E-state index in [0.717, 1.165) is 44.5 Å². The van der Waals surface area contributed by atoms with Gasteiger partial charge in [0.15, 0.2) is 5.78 Å². The van der Waals surface area contributed by atoms with Gasteiger partial charge in [0.2, 0.25) is 5.91 Å². The van der Waals surface area contributed by atoms with Crippen molar-refractivity contribution < 1.29 is 14.3 Å². The largest absolute Gasteiger partial charge is 0.493 e. The molecule has 118 valence electrons. The molecule has 1 amide bonds. The Balaban J connectivity index is 1.43. The third kappa shape index (κ3) is 3.67. The van der Waals surface area contributed by atoms with Crippen LogP contribution in [0.3, 0.4) is 0 Å². The maximum atomic E-state index is 12.0. The molecule has 0 aromatic heterocycles. The van der Waals surface area contributed by atoms with Crippen LogP contribution in [-0.2, 0) is 4.79 Å². The fourth-order valence-corrected chi connectivity index (χ4v) is 2.91. The SMILES string of the molecule is CC(=O)c1ccc(OCC2CCN(C(=O)C3CC3)CC2)cc1. The molecule has 1 aromatic carbocycles. The van der Waals surface area contributed by atoms with Gasteiger partial charge in [-0.25, -0.2) is 0 Å². The van der Waals surface area contributed by atoms with Gasteiger partial charge in [-0.15, -0.1) is 0 Å². The number of Topliss-reactive ketones (excluding diaryl/α,β-unsaturated/α-hetero) is 1. The molecule has 1 aromatic rings. The number of benzene rings is 1. The molecular weight excluding hydrogens is 278 g/mol. The van der Waals surface area contributed by atoms with Crippen molar-refractivity contribution in [2.24, 2.45) is 11.8 Å². The van der Waals surface area contributed by atoms with E-state index in [1.165, 1.54) is 0 Å². The summed E-state index contributed by atoms with van der Waals surface area (Å²) >= 11 is 0. The first-order chi connectivity index (χ1) is 10.6. The van der Waals surface area contributed by atoms with E-state index >= 15 is 0 Å². The number of amides is 1. The van der Waals surface area contributed by atoms with E-state index in [2.05, 4.69) is 0 Å². The molecular formula is C18H23NO3. The van der Waals surface area contributed by atoms with Crippen LogP contribution in [0, 0.1) is 11.8 Å². The van der Waals surface area contributed by atoms with E-state index in [-0.39, 0.29) is 5.78 Å². The second-order valence-corrected chi connectivity index (χ2v) is 6.43. The van der Waals surface area contributed by atoms with E-state index in [1.807, 2.05) is 17.0 Å². The lowest BCUT2D eigenvalue weighted by Gasteiger charge is -2.32. The molecule has 1 aliphatic heterocycles. The lowest BCUT2D eigenvalue weighted by atomic mass is 9.97. The summed E-state index contributed by atoms with van der Waals surface area (Å²) in [7, 11) is 0. The van der Waals surface area contributed by atoms with Gasteiger partial charge in [-0.05, 0) is 62.8 Å². The number of hydrogen-bond acceptors (Lipinski definition) is 3. The van der Waals surface area contributed by atoms with E-state index in [0.29, 0.717) is 29.9 Å². The Bertz CT molecular complexity index is 540. The van der Waals surface area contributed by atoms with Crippen molar-refractivity contribution in [3.63, 3.8) is 0 Å². The van der Waals surface area contributed by atoms with Gasteiger partial charge in [-0.3, -0.25) is 9.59 Å². The van der Waals surface area contributed by atoms with Crippen molar-refractivity contribution in [1.29, 1.82) is 0 Å². The standard InChI is InChI=1S/C18H23NO3/c1-13(20)15-4-6-17(7-5-15)22-12-14-8-10-19(11-9-14)18(21)16-2-3-16/h4-7,14,16H,2-3,8-12H2,1H3. The normalized spacial score (nSPS) is 19.0. The van der Waals surface area contributed by atoms with Crippen molar-refractivity contribution in [3.8, 4) is 5.75 Å². The summed E-state index contributed by atoms with van der Waals surface area (Å²) < 4.78 is 5.82. The molecule has 3 rings (SSSR count). The highest BCUT2D eigenvalue weighted by molar-refractivity contribution is 5.94. The van der Waals surface area contributed by atoms with Gasteiger partial charge in [0.05, 0.1) is 6.61 Å². The Labute approximate surface area is 131 Å². The number of carbonyl (C=O) groups excluding carboxylic acids is 2. The molecule has 0 N–H and O–H groups in total. The van der Waals surface area contributed by atoms with Gasteiger partial charge in [-0.2, -0.15) is 0 Å². The Morgan fingerprint density at radius 1 is 1.09 bits per heavy atom. The van der Waals surface area contributed by atoms with Crippen molar-refractivity contribution in [2.45, 2.75) is 32.6 Å². The third-order valence-corrected chi connectivity index (χ3v) is 4.60. The molecule has 1 heterocycles. The summed E-state index contributed by atoms with van der Waals surface area (Å²) in [5.74, 6) is 2.07. The zero-order chi connectivity index (χ0) is 15.5. The molecule has 0 atom stereocenters. The minimum Gasteiger partial charge on any atom is -0.493 e. The van der Waals surface area contributed by atoms with Gasteiger partial charge in [0, 0.05) is 24.6 Å². The Kier molecular flexibility index (Phi) is 4.46. The average Bonchev–Trinajstić information content (AvgIpc) is 3.38. The molecule has 1 saturated heterocycles. The van der Waals surface area contributed by atoms with Crippen LogP contribution in [0.4, 0.5) is 0 Å². The predicted octanol–water partition coefficient (Wildman–Crippen LogP) is 2.92. The highest BCUT2D eigenvalue weighted by Crippen LogP contribution is 2.32. The van der Waals surface area contributed by atoms with Crippen molar-refractivity contribution in [2.75, 3.05) is 19.7 Å². The van der Waals surface area contributed by atoms with Crippen LogP contribution in [0.25, 0.3) is 0 Å². The minimum atomic E-state index is 0.0688. The quantitative estimate of drug-likeness (QED) is 0.786. The number of piperidine rings is 1. The lowest BCUT2D eigenvalue weighted by Crippen LogP contribution is -2.40. The Morgan fingerprint density at radius 2 is 1.73 bits per heavy atom. The summed E-state index contributed by atoms with van der Waals surface area (Å²) in [6.45, 7) is 3.98. The second kappa shape index (κ2) is 6.51. The molecule has 0 unspecified atom stereocenters. The summed E-state index contributed by atoms with van der Waals surface area (Å²) in [6, 6.07) is 7.30. The van der Waals surface area contributed by atoms with Gasteiger partial charge in [0.25, 0.3) is 0 Å². The van der Waals surface area contributed by atoms with Gasteiger partial charge >= 0.3 is 0 Å². The minimum absolute atomic E-state index is 0.0688. The molecule has 0 spiro atoms. The molecule has 0 bridgehead atoms. The average molecular weight is 301 g/mol. The Morgan fingerprint density at radius 3 is 2.27 bits per heavy atom. The zero-order valence-corrected chi connectivity index (χ0v) is 13.1. The first-order valence-electron chi connectivity index (χ1n) is 8.16. The van der Waals surface area contributed by atoms with E-state index < -0.39 is 0 Å². The second-order valence-electron chi connectivity index (χ2n) is 6.43. The smallest absolute Gasteiger partial charge is 0.225 e. The number of likely N-dealkylation sites (tertiary alicyclic amines) is 1. The molecule has 22 heavy (non-hydrogen) atoms. The fraction of sp³-hybridized carbons (Fsp3) is 0.556. The van der Waals surface area contributed by atoms with Crippen molar-refractivity contribution >= 4 is 11.7 Å². The summed E-state index contributed by atoms with van der Waals surface area (Å²) in [6.07, 6.45) is 4.20. The monoisotopic (exact) mass is 301 g/mol. The predicted molar refractivity (Wildman–Crippen MR) is 84.0 cm³/mol. The summed E-state index contributed by atoms with van der Waals surface area (Å²) in [5, 5.41) is 0. The van der Waals surface area contributed by atoms with Crippen LogP contribution in [-0.4, -0.2) is 36.3 Å². The topological polar surface area (TPSA) is 46.6 Å². The number of nitrogens with zero attached hydrogens (tertiary/aromatic N) is 1. The number of hydrogen-bond donors (Lipinski definition) is 0. The highest BCUT2D eigenvalue weighted by Gasteiger charge is 2.34. The molecule has 2 aliphatic rings. The molecule has 1 aliphatic carbocycles. The van der Waals surface area contributed by atoms with Crippen LogP contribution in [0.1, 0.15) is 43.0 Å². The van der Waals surface area contributed by atoms with Gasteiger partial charge < -0.3 is 9.64 Å². The van der Waals surface area contributed by atoms with Gasteiger partial charge in [-0.1, -0.05) is 0 Å².